The van der Waals surface area contributed by atoms with Crippen LogP contribution in [0.25, 0.3) is 0 Å². The van der Waals surface area contributed by atoms with Crippen LogP contribution in [0.4, 0.5) is 0 Å². The number of hydrogen-bond acceptors (Lipinski definition) is 3. The highest BCUT2D eigenvalue weighted by molar-refractivity contribution is 5.45. The Hall–Kier alpha value is -1.06. The van der Waals surface area contributed by atoms with Crippen molar-refractivity contribution < 1.29 is 9.84 Å². The summed E-state index contributed by atoms with van der Waals surface area (Å²) in [6.45, 7) is 5.75. The van der Waals surface area contributed by atoms with Gasteiger partial charge in [-0.3, -0.25) is 0 Å². The van der Waals surface area contributed by atoms with Crippen LogP contribution in [0.15, 0.2) is 18.2 Å². The van der Waals surface area contributed by atoms with Crippen molar-refractivity contribution >= 4 is 0 Å². The number of hydrogen-bond donors (Lipinski definition) is 2. The summed E-state index contributed by atoms with van der Waals surface area (Å²) >= 11 is 0. The van der Waals surface area contributed by atoms with Gasteiger partial charge in [0.2, 0.25) is 0 Å². The van der Waals surface area contributed by atoms with Crippen molar-refractivity contribution in [2.24, 2.45) is 0 Å². The Morgan fingerprint density at radius 3 is 3.00 bits per heavy atom. The Balaban J connectivity index is 2.14. The Labute approximate surface area is 96.4 Å². The van der Waals surface area contributed by atoms with Gasteiger partial charge in [-0.25, -0.2) is 0 Å². The van der Waals surface area contributed by atoms with Crippen molar-refractivity contribution in [2.75, 3.05) is 13.2 Å². The molecule has 1 aromatic rings. The van der Waals surface area contributed by atoms with Gasteiger partial charge in [-0.05, 0) is 19.4 Å². The molecule has 0 aromatic heterocycles. The lowest BCUT2D eigenvalue weighted by Gasteiger charge is -2.18. The van der Waals surface area contributed by atoms with Crippen LogP contribution in [0.2, 0.25) is 0 Å². The quantitative estimate of drug-likeness (QED) is 0.757. The van der Waals surface area contributed by atoms with Crippen molar-refractivity contribution in [1.29, 1.82) is 0 Å². The van der Waals surface area contributed by atoms with Gasteiger partial charge < -0.3 is 15.2 Å². The van der Waals surface area contributed by atoms with Crippen LogP contribution in [-0.2, 0) is 13.0 Å². The van der Waals surface area contributed by atoms with Crippen LogP contribution in [0.3, 0.4) is 0 Å². The van der Waals surface area contributed by atoms with E-state index in [0.29, 0.717) is 6.54 Å². The van der Waals surface area contributed by atoms with E-state index in [1.54, 1.807) is 0 Å². The number of aliphatic hydroxyl groups is 1. The molecule has 0 aliphatic carbocycles. The Kier molecular flexibility index (Phi) is 3.17. The number of fused-ring (bicyclic) bond motifs is 1. The van der Waals surface area contributed by atoms with Gasteiger partial charge in [0.15, 0.2) is 0 Å². The summed E-state index contributed by atoms with van der Waals surface area (Å²) in [4.78, 5) is 0. The van der Waals surface area contributed by atoms with E-state index in [2.05, 4.69) is 37.4 Å². The van der Waals surface area contributed by atoms with Gasteiger partial charge in [0.05, 0.1) is 6.61 Å². The number of nitrogens with one attached hydrogen (secondary N) is 1. The molecular weight excluding hydrogens is 202 g/mol. The molecule has 0 saturated heterocycles. The minimum Gasteiger partial charge on any atom is -0.487 e. The molecule has 2 N–H and O–H groups in total. The van der Waals surface area contributed by atoms with Crippen LogP contribution in [0.5, 0.6) is 5.75 Å². The first kappa shape index (κ1) is 11.4. The lowest BCUT2D eigenvalue weighted by atomic mass is 10.0. The molecule has 1 aliphatic heterocycles. The fourth-order valence-corrected chi connectivity index (χ4v) is 2.12. The van der Waals surface area contributed by atoms with Crippen LogP contribution in [-0.4, -0.2) is 23.9 Å². The van der Waals surface area contributed by atoms with Crippen molar-refractivity contribution in [3.8, 4) is 5.75 Å². The standard InChI is InChI=1S/C13H19NO2/c1-13(2)8-10-4-3-5-11(12(10)16-13)9-14-6-7-15/h3-5,14-15H,6-9H2,1-2H3. The van der Waals surface area contributed by atoms with Crippen LogP contribution >= 0.6 is 0 Å². The van der Waals surface area contributed by atoms with E-state index in [9.17, 15) is 0 Å². The third-order valence-corrected chi connectivity index (χ3v) is 2.78. The summed E-state index contributed by atoms with van der Waals surface area (Å²) in [6, 6.07) is 6.27. The first-order valence-corrected chi connectivity index (χ1v) is 5.74. The van der Waals surface area contributed by atoms with E-state index < -0.39 is 0 Å². The zero-order valence-electron chi connectivity index (χ0n) is 9.92. The summed E-state index contributed by atoms with van der Waals surface area (Å²) < 4.78 is 5.95. The molecule has 2 rings (SSSR count). The largest absolute Gasteiger partial charge is 0.487 e. The molecule has 0 saturated carbocycles. The second kappa shape index (κ2) is 4.44. The molecule has 1 heterocycles. The predicted octanol–water partition coefficient (Wildman–Crippen LogP) is 1.48. The second-order valence-corrected chi connectivity index (χ2v) is 4.84. The molecule has 0 unspecified atom stereocenters. The smallest absolute Gasteiger partial charge is 0.127 e. The molecule has 1 aromatic carbocycles. The Morgan fingerprint density at radius 2 is 2.25 bits per heavy atom. The SMILES string of the molecule is CC1(C)Cc2cccc(CNCCO)c2O1. The predicted molar refractivity (Wildman–Crippen MR) is 63.6 cm³/mol. The summed E-state index contributed by atoms with van der Waals surface area (Å²) in [7, 11) is 0. The normalized spacial score (nSPS) is 16.9. The number of benzene rings is 1. The molecule has 0 bridgehead atoms. The van der Waals surface area contributed by atoms with E-state index in [-0.39, 0.29) is 12.2 Å². The average Bonchev–Trinajstić information content (AvgIpc) is 2.53. The van der Waals surface area contributed by atoms with E-state index >= 15 is 0 Å². The van der Waals surface area contributed by atoms with Gasteiger partial charge in [-0.15, -0.1) is 0 Å². The summed E-state index contributed by atoms with van der Waals surface area (Å²) in [5.74, 6) is 1.03. The highest BCUT2D eigenvalue weighted by Gasteiger charge is 2.31. The average molecular weight is 221 g/mol. The first-order chi connectivity index (χ1) is 7.62. The third kappa shape index (κ3) is 2.36. The van der Waals surface area contributed by atoms with Crippen LogP contribution in [0.1, 0.15) is 25.0 Å². The fourth-order valence-electron chi connectivity index (χ4n) is 2.12. The molecular formula is C13H19NO2. The Bertz CT molecular complexity index is 374. The minimum absolute atomic E-state index is 0.0879. The maximum atomic E-state index is 8.73. The molecule has 0 atom stereocenters. The summed E-state index contributed by atoms with van der Waals surface area (Å²) in [5.41, 5.74) is 2.37. The molecule has 0 fully saturated rings. The summed E-state index contributed by atoms with van der Waals surface area (Å²) in [6.07, 6.45) is 0.968. The number of aliphatic hydroxyl groups excluding tert-OH is 1. The Morgan fingerprint density at radius 1 is 1.44 bits per heavy atom. The first-order valence-electron chi connectivity index (χ1n) is 5.74. The maximum absolute atomic E-state index is 8.73. The van der Waals surface area contributed by atoms with E-state index in [1.807, 2.05) is 0 Å². The second-order valence-electron chi connectivity index (χ2n) is 4.84. The van der Waals surface area contributed by atoms with Crippen LogP contribution < -0.4 is 10.1 Å². The molecule has 3 heteroatoms. The lowest BCUT2D eigenvalue weighted by molar-refractivity contribution is 0.137. The van der Waals surface area contributed by atoms with Gasteiger partial charge in [-0.2, -0.15) is 0 Å². The molecule has 0 spiro atoms. The van der Waals surface area contributed by atoms with E-state index in [1.165, 1.54) is 11.1 Å². The molecule has 16 heavy (non-hydrogen) atoms. The summed E-state index contributed by atoms with van der Waals surface area (Å²) in [5, 5.41) is 11.9. The lowest BCUT2D eigenvalue weighted by Crippen LogP contribution is -2.25. The molecule has 88 valence electrons. The van der Waals surface area contributed by atoms with Crippen molar-refractivity contribution in [3.63, 3.8) is 0 Å². The highest BCUT2D eigenvalue weighted by atomic mass is 16.5. The van der Waals surface area contributed by atoms with Crippen molar-refractivity contribution in [2.45, 2.75) is 32.4 Å². The van der Waals surface area contributed by atoms with Gasteiger partial charge >= 0.3 is 0 Å². The minimum atomic E-state index is -0.0879. The van der Waals surface area contributed by atoms with Gasteiger partial charge in [-0.1, -0.05) is 18.2 Å². The third-order valence-electron chi connectivity index (χ3n) is 2.78. The monoisotopic (exact) mass is 221 g/mol. The molecule has 0 radical (unpaired) electrons. The topological polar surface area (TPSA) is 41.5 Å². The van der Waals surface area contributed by atoms with E-state index in [4.69, 9.17) is 9.84 Å². The zero-order valence-corrected chi connectivity index (χ0v) is 9.92. The maximum Gasteiger partial charge on any atom is 0.127 e. The van der Waals surface area contributed by atoms with Gasteiger partial charge in [0, 0.05) is 25.1 Å². The molecule has 1 aliphatic rings. The number of ether oxygens (including phenoxy) is 1. The molecule has 0 amide bonds. The number of para-hydroxylation sites is 1. The molecule has 3 nitrogen and oxygen atoms in total. The van der Waals surface area contributed by atoms with Gasteiger partial charge in [0.25, 0.3) is 0 Å². The van der Waals surface area contributed by atoms with Gasteiger partial charge in [0.1, 0.15) is 11.4 Å². The van der Waals surface area contributed by atoms with Crippen molar-refractivity contribution in [1.82, 2.24) is 5.32 Å². The number of rotatable bonds is 4. The fraction of sp³-hybridized carbons (Fsp3) is 0.538. The van der Waals surface area contributed by atoms with Crippen molar-refractivity contribution in [3.05, 3.63) is 29.3 Å². The highest BCUT2D eigenvalue weighted by Crippen LogP contribution is 2.37. The van der Waals surface area contributed by atoms with Crippen LogP contribution in [0, 0.1) is 0 Å². The van der Waals surface area contributed by atoms with E-state index in [0.717, 1.165) is 18.7 Å². The zero-order chi connectivity index (χ0) is 11.6.